The summed E-state index contributed by atoms with van der Waals surface area (Å²) >= 11 is 0. The Kier molecular flexibility index (Phi) is 5.89. The fraction of sp³-hybridized carbons (Fsp3) is 0.429. The first-order chi connectivity index (χ1) is 8.63. The molecule has 0 spiro atoms. The standard InChI is InChI=1S/C14H19N3O/c1-11(2)13-5-3-12(4-6-13)9-16-10-14(18)17-8-7-15/h3-6,11,16H,8-10H2,1-2H3,(H,17,18). The van der Waals surface area contributed by atoms with E-state index in [-0.39, 0.29) is 19.0 Å². The van der Waals surface area contributed by atoms with Crippen LogP contribution in [0.5, 0.6) is 0 Å². The lowest BCUT2D eigenvalue weighted by Crippen LogP contribution is -2.33. The summed E-state index contributed by atoms with van der Waals surface area (Å²) in [5.74, 6) is 0.374. The Balaban J connectivity index is 2.31. The van der Waals surface area contributed by atoms with Crippen LogP contribution in [0.25, 0.3) is 0 Å². The zero-order chi connectivity index (χ0) is 13.4. The van der Waals surface area contributed by atoms with E-state index in [1.165, 1.54) is 5.56 Å². The van der Waals surface area contributed by atoms with Gasteiger partial charge in [-0.3, -0.25) is 4.79 Å². The summed E-state index contributed by atoms with van der Waals surface area (Å²) in [6, 6.07) is 10.2. The second-order valence-electron chi connectivity index (χ2n) is 4.43. The molecule has 0 bridgehead atoms. The van der Waals surface area contributed by atoms with E-state index in [0.29, 0.717) is 12.5 Å². The third-order valence-corrected chi connectivity index (χ3v) is 2.63. The third-order valence-electron chi connectivity index (χ3n) is 2.63. The van der Waals surface area contributed by atoms with Crippen molar-refractivity contribution < 1.29 is 4.79 Å². The molecule has 0 aliphatic carbocycles. The number of nitriles is 1. The molecule has 2 N–H and O–H groups in total. The summed E-state index contributed by atoms with van der Waals surface area (Å²) in [7, 11) is 0. The van der Waals surface area contributed by atoms with Gasteiger partial charge in [-0.1, -0.05) is 38.1 Å². The number of nitrogens with one attached hydrogen (secondary N) is 2. The lowest BCUT2D eigenvalue weighted by Gasteiger charge is -2.08. The lowest BCUT2D eigenvalue weighted by molar-refractivity contribution is -0.120. The van der Waals surface area contributed by atoms with Crippen LogP contribution in [-0.4, -0.2) is 19.0 Å². The molecule has 1 aromatic carbocycles. The van der Waals surface area contributed by atoms with Crippen LogP contribution in [0.3, 0.4) is 0 Å². The van der Waals surface area contributed by atoms with Crippen LogP contribution in [0.15, 0.2) is 24.3 Å². The smallest absolute Gasteiger partial charge is 0.234 e. The molecule has 0 heterocycles. The Morgan fingerprint density at radius 2 is 2.00 bits per heavy atom. The Morgan fingerprint density at radius 3 is 2.56 bits per heavy atom. The molecule has 0 atom stereocenters. The fourth-order valence-corrected chi connectivity index (χ4v) is 1.54. The molecular weight excluding hydrogens is 226 g/mol. The van der Waals surface area contributed by atoms with Crippen molar-refractivity contribution in [2.24, 2.45) is 0 Å². The van der Waals surface area contributed by atoms with Crippen molar-refractivity contribution in [1.82, 2.24) is 10.6 Å². The van der Waals surface area contributed by atoms with Gasteiger partial charge < -0.3 is 10.6 Å². The first-order valence-corrected chi connectivity index (χ1v) is 6.06. The highest BCUT2D eigenvalue weighted by atomic mass is 16.1. The summed E-state index contributed by atoms with van der Waals surface area (Å²) < 4.78 is 0. The van der Waals surface area contributed by atoms with Crippen LogP contribution in [0.4, 0.5) is 0 Å². The van der Waals surface area contributed by atoms with Crippen molar-refractivity contribution >= 4 is 5.91 Å². The maximum atomic E-state index is 11.2. The molecule has 1 aromatic rings. The fourth-order valence-electron chi connectivity index (χ4n) is 1.54. The molecule has 0 aliphatic heterocycles. The van der Waals surface area contributed by atoms with Gasteiger partial charge in [-0.05, 0) is 17.0 Å². The van der Waals surface area contributed by atoms with Crippen molar-refractivity contribution in [2.45, 2.75) is 26.3 Å². The Labute approximate surface area is 108 Å². The summed E-state index contributed by atoms with van der Waals surface area (Å²) in [4.78, 5) is 11.2. The van der Waals surface area contributed by atoms with Crippen molar-refractivity contribution in [3.05, 3.63) is 35.4 Å². The molecule has 1 amide bonds. The monoisotopic (exact) mass is 245 g/mol. The maximum Gasteiger partial charge on any atom is 0.234 e. The van der Waals surface area contributed by atoms with Gasteiger partial charge in [-0.2, -0.15) is 5.26 Å². The van der Waals surface area contributed by atoms with Crippen LogP contribution in [0.1, 0.15) is 30.9 Å². The average Bonchev–Trinajstić information content (AvgIpc) is 2.37. The van der Waals surface area contributed by atoms with Crippen LogP contribution in [-0.2, 0) is 11.3 Å². The molecule has 0 saturated carbocycles. The average molecular weight is 245 g/mol. The van der Waals surface area contributed by atoms with Crippen LogP contribution >= 0.6 is 0 Å². The van der Waals surface area contributed by atoms with Crippen LogP contribution < -0.4 is 10.6 Å². The number of hydrogen-bond acceptors (Lipinski definition) is 3. The Morgan fingerprint density at radius 1 is 1.33 bits per heavy atom. The van der Waals surface area contributed by atoms with Gasteiger partial charge >= 0.3 is 0 Å². The first kappa shape index (κ1) is 14.2. The summed E-state index contributed by atoms with van der Waals surface area (Å²) in [6.07, 6.45) is 0. The molecule has 4 nitrogen and oxygen atoms in total. The van der Waals surface area contributed by atoms with Gasteiger partial charge in [0.2, 0.25) is 5.91 Å². The number of amides is 1. The number of nitrogens with zero attached hydrogens (tertiary/aromatic N) is 1. The molecular formula is C14H19N3O. The minimum absolute atomic E-state index is 0.0591. The quantitative estimate of drug-likeness (QED) is 0.747. The first-order valence-electron chi connectivity index (χ1n) is 6.06. The highest BCUT2D eigenvalue weighted by Gasteiger charge is 2.01. The summed E-state index contributed by atoms with van der Waals surface area (Å²) in [6.45, 7) is 5.26. The lowest BCUT2D eigenvalue weighted by atomic mass is 10.0. The van der Waals surface area contributed by atoms with Crippen LogP contribution in [0.2, 0.25) is 0 Å². The number of carbonyl (C=O) groups is 1. The van der Waals surface area contributed by atoms with Crippen molar-refractivity contribution in [1.29, 1.82) is 5.26 Å². The third kappa shape index (κ3) is 4.98. The number of benzene rings is 1. The Bertz CT molecular complexity index is 418. The zero-order valence-corrected chi connectivity index (χ0v) is 10.9. The van der Waals surface area contributed by atoms with E-state index in [0.717, 1.165) is 5.56 Å². The van der Waals surface area contributed by atoms with Gasteiger partial charge in [0.15, 0.2) is 0 Å². The highest BCUT2D eigenvalue weighted by molar-refractivity contribution is 5.78. The van der Waals surface area contributed by atoms with Gasteiger partial charge in [0.1, 0.15) is 6.54 Å². The molecule has 0 fully saturated rings. The SMILES string of the molecule is CC(C)c1ccc(CNCC(=O)NCC#N)cc1. The number of hydrogen-bond donors (Lipinski definition) is 2. The Hall–Kier alpha value is -1.86. The molecule has 0 saturated heterocycles. The topological polar surface area (TPSA) is 64.9 Å². The minimum atomic E-state index is -0.157. The molecule has 0 radical (unpaired) electrons. The molecule has 0 aromatic heterocycles. The van der Waals surface area contributed by atoms with Crippen molar-refractivity contribution in [3.8, 4) is 6.07 Å². The highest BCUT2D eigenvalue weighted by Crippen LogP contribution is 2.14. The summed E-state index contributed by atoms with van der Waals surface area (Å²) in [5, 5.41) is 13.8. The van der Waals surface area contributed by atoms with E-state index in [9.17, 15) is 4.79 Å². The van der Waals surface area contributed by atoms with Gasteiger partial charge in [-0.15, -0.1) is 0 Å². The molecule has 18 heavy (non-hydrogen) atoms. The van der Waals surface area contributed by atoms with E-state index >= 15 is 0 Å². The van der Waals surface area contributed by atoms with Gasteiger partial charge in [0.25, 0.3) is 0 Å². The van der Waals surface area contributed by atoms with Gasteiger partial charge in [-0.25, -0.2) is 0 Å². The van der Waals surface area contributed by atoms with Crippen molar-refractivity contribution in [3.63, 3.8) is 0 Å². The maximum absolute atomic E-state index is 11.2. The van der Waals surface area contributed by atoms with E-state index in [1.807, 2.05) is 6.07 Å². The van der Waals surface area contributed by atoms with E-state index in [2.05, 4.69) is 48.7 Å². The largest absolute Gasteiger partial charge is 0.342 e. The molecule has 0 unspecified atom stereocenters. The predicted octanol–water partition coefficient (Wildman–Crippen LogP) is 1.54. The number of carbonyl (C=O) groups excluding carboxylic acids is 1. The molecule has 0 aliphatic rings. The van der Waals surface area contributed by atoms with Gasteiger partial charge in [0.05, 0.1) is 12.6 Å². The van der Waals surface area contributed by atoms with Crippen LogP contribution in [0, 0.1) is 11.3 Å². The predicted molar refractivity (Wildman–Crippen MR) is 70.9 cm³/mol. The number of rotatable bonds is 6. The zero-order valence-electron chi connectivity index (χ0n) is 10.9. The van der Waals surface area contributed by atoms with E-state index in [4.69, 9.17) is 5.26 Å². The molecule has 4 heteroatoms. The molecule has 1 rings (SSSR count). The van der Waals surface area contributed by atoms with E-state index < -0.39 is 0 Å². The molecule has 96 valence electrons. The normalized spacial score (nSPS) is 10.1. The van der Waals surface area contributed by atoms with Gasteiger partial charge in [0, 0.05) is 6.54 Å². The van der Waals surface area contributed by atoms with Crippen molar-refractivity contribution in [2.75, 3.05) is 13.1 Å². The summed E-state index contributed by atoms with van der Waals surface area (Å²) in [5.41, 5.74) is 2.46. The van der Waals surface area contributed by atoms with E-state index in [1.54, 1.807) is 0 Å². The second-order valence-corrected chi connectivity index (χ2v) is 4.43. The minimum Gasteiger partial charge on any atom is -0.342 e. The second kappa shape index (κ2) is 7.46.